The van der Waals surface area contributed by atoms with Crippen LogP contribution in [0.2, 0.25) is 0 Å². The summed E-state index contributed by atoms with van der Waals surface area (Å²) in [6.45, 7) is 1.71. The van der Waals surface area contributed by atoms with Crippen LogP contribution in [0.25, 0.3) is 0 Å². The highest BCUT2D eigenvalue weighted by molar-refractivity contribution is 14.1. The van der Waals surface area contributed by atoms with E-state index in [0.717, 1.165) is 17.3 Å². The van der Waals surface area contributed by atoms with Crippen molar-refractivity contribution in [2.24, 2.45) is 5.92 Å². The largest absolute Gasteiger partial charge is 0.244 e. The Labute approximate surface area is 63.0 Å². The fraction of sp³-hybridized carbons (Fsp3) is 1.00. The third-order valence-electron chi connectivity index (χ3n) is 2.02. The van der Waals surface area contributed by atoms with Crippen LogP contribution in [0, 0.1) is 5.92 Å². The lowest BCUT2D eigenvalue weighted by molar-refractivity contribution is 0.0194. The van der Waals surface area contributed by atoms with Crippen molar-refractivity contribution in [3.8, 4) is 0 Å². The molecule has 0 bridgehead atoms. The van der Waals surface area contributed by atoms with E-state index in [1.165, 1.54) is 0 Å². The normalized spacial score (nSPS) is 46.1. The number of halogens is 2. The van der Waals surface area contributed by atoms with Gasteiger partial charge in [-0.05, 0) is 19.8 Å². The third kappa shape index (κ3) is 0.993. The van der Waals surface area contributed by atoms with Gasteiger partial charge < -0.3 is 0 Å². The molecule has 0 radical (unpaired) electrons. The van der Waals surface area contributed by atoms with Gasteiger partial charge in [0.2, 0.25) is 0 Å². The smallest absolute Gasteiger partial charge is 0.111 e. The lowest BCUT2D eigenvalue weighted by Crippen LogP contribution is -2.40. The fourth-order valence-electron chi connectivity index (χ4n) is 0.984. The van der Waals surface area contributed by atoms with E-state index in [9.17, 15) is 4.39 Å². The predicted octanol–water partition coefficient (Wildman–Crippen LogP) is 2.56. The summed E-state index contributed by atoms with van der Waals surface area (Å²) in [6.07, 6.45) is 1.87. The Hall–Kier alpha value is 0.660. The second kappa shape index (κ2) is 2.12. The maximum absolute atomic E-state index is 12.9. The molecule has 0 nitrogen and oxygen atoms in total. The topological polar surface area (TPSA) is 0 Å². The summed E-state index contributed by atoms with van der Waals surface area (Å²) in [7, 11) is 0. The van der Waals surface area contributed by atoms with E-state index in [2.05, 4.69) is 22.6 Å². The second-order valence-corrected chi connectivity index (χ2v) is 3.55. The number of hydrogen-bond acceptors (Lipinski definition) is 0. The monoisotopic (exact) mass is 228 g/mol. The zero-order chi connectivity index (χ0) is 6.20. The van der Waals surface area contributed by atoms with Gasteiger partial charge in [-0.2, -0.15) is 0 Å². The molecule has 0 amide bonds. The van der Waals surface area contributed by atoms with Gasteiger partial charge in [0.15, 0.2) is 0 Å². The molecule has 1 fully saturated rings. The molecule has 0 aromatic rings. The summed E-state index contributed by atoms with van der Waals surface area (Å²) < 4.78 is 13.8. The molecule has 8 heavy (non-hydrogen) atoms. The molecule has 0 aromatic carbocycles. The molecule has 2 heteroatoms. The fourth-order valence-corrected chi connectivity index (χ4v) is 2.34. The Morgan fingerprint density at radius 1 is 1.88 bits per heavy atom. The van der Waals surface area contributed by atoms with Gasteiger partial charge in [-0.15, -0.1) is 0 Å². The van der Waals surface area contributed by atoms with Gasteiger partial charge in [0, 0.05) is 10.3 Å². The van der Waals surface area contributed by atoms with Crippen molar-refractivity contribution in [2.75, 3.05) is 4.43 Å². The van der Waals surface area contributed by atoms with Gasteiger partial charge >= 0.3 is 0 Å². The maximum Gasteiger partial charge on any atom is 0.111 e. The molecule has 1 rings (SSSR count). The molecule has 0 N–H and O–H groups in total. The van der Waals surface area contributed by atoms with Crippen molar-refractivity contribution in [3.63, 3.8) is 0 Å². The maximum atomic E-state index is 12.9. The molecule has 48 valence electrons. The molecule has 0 aromatic heterocycles. The average Bonchev–Trinajstić information content (AvgIpc) is 1.66. The van der Waals surface area contributed by atoms with E-state index in [4.69, 9.17) is 0 Å². The van der Waals surface area contributed by atoms with E-state index >= 15 is 0 Å². The molecule has 0 aliphatic heterocycles. The second-order valence-electron chi connectivity index (χ2n) is 2.67. The van der Waals surface area contributed by atoms with Crippen molar-refractivity contribution in [3.05, 3.63) is 0 Å². The van der Waals surface area contributed by atoms with Gasteiger partial charge in [0.05, 0.1) is 0 Å². The first-order valence-electron chi connectivity index (χ1n) is 2.91. The van der Waals surface area contributed by atoms with Gasteiger partial charge in [-0.3, -0.25) is 0 Å². The summed E-state index contributed by atoms with van der Waals surface area (Å²) in [4.78, 5) is 0. The molecule has 1 aliphatic rings. The van der Waals surface area contributed by atoms with Crippen molar-refractivity contribution in [1.29, 1.82) is 0 Å². The molecule has 2 atom stereocenters. The molecule has 1 aliphatic carbocycles. The average molecular weight is 228 g/mol. The first kappa shape index (κ1) is 6.78. The Morgan fingerprint density at radius 3 is 2.50 bits per heavy atom. The van der Waals surface area contributed by atoms with Crippen LogP contribution in [0.5, 0.6) is 0 Å². The van der Waals surface area contributed by atoms with Crippen LogP contribution in [0.3, 0.4) is 0 Å². The van der Waals surface area contributed by atoms with Crippen molar-refractivity contribution >= 4 is 22.6 Å². The van der Waals surface area contributed by atoms with Gasteiger partial charge in [-0.1, -0.05) is 22.6 Å². The van der Waals surface area contributed by atoms with Crippen LogP contribution in [0.15, 0.2) is 0 Å². The third-order valence-corrected chi connectivity index (χ3v) is 3.08. The lowest BCUT2D eigenvalue weighted by atomic mass is 9.73. The first-order chi connectivity index (χ1) is 3.67. The van der Waals surface area contributed by atoms with Crippen LogP contribution in [-0.2, 0) is 0 Å². The predicted molar refractivity (Wildman–Crippen MR) is 41.1 cm³/mol. The Morgan fingerprint density at radius 2 is 2.50 bits per heavy atom. The summed E-state index contributed by atoms with van der Waals surface area (Å²) in [5.74, 6) is 0.350. The molecular formula is C6H10FI. The Bertz CT molecular complexity index is 88.5. The first-order valence-corrected chi connectivity index (χ1v) is 4.44. The number of alkyl halides is 2. The lowest BCUT2D eigenvalue weighted by Gasteiger charge is -2.39. The van der Waals surface area contributed by atoms with E-state index in [-0.39, 0.29) is 0 Å². The zero-order valence-corrected chi connectivity index (χ0v) is 7.11. The minimum absolute atomic E-state index is 0.350. The quantitative estimate of drug-likeness (QED) is 0.478. The minimum atomic E-state index is -0.818. The SMILES string of the molecule is CC1(F)CC[C@H]1CI. The van der Waals surface area contributed by atoms with Crippen LogP contribution in [0.1, 0.15) is 19.8 Å². The highest BCUT2D eigenvalue weighted by atomic mass is 127. The summed E-state index contributed by atoms with van der Waals surface area (Å²) in [6, 6.07) is 0. The standard InChI is InChI=1S/C6H10FI/c1-6(7)3-2-5(6)4-8/h5H,2-4H2,1H3/t5-,6?/m0/s1. The van der Waals surface area contributed by atoms with Gasteiger partial charge in [0.25, 0.3) is 0 Å². The van der Waals surface area contributed by atoms with E-state index in [0.29, 0.717) is 5.92 Å². The van der Waals surface area contributed by atoms with Crippen LogP contribution in [-0.4, -0.2) is 10.1 Å². The highest BCUT2D eigenvalue weighted by Gasteiger charge is 2.41. The minimum Gasteiger partial charge on any atom is -0.244 e. The van der Waals surface area contributed by atoms with E-state index < -0.39 is 5.67 Å². The summed E-state index contributed by atoms with van der Waals surface area (Å²) in [5, 5.41) is 0. The number of hydrogen-bond donors (Lipinski definition) is 0. The van der Waals surface area contributed by atoms with E-state index in [1.54, 1.807) is 6.92 Å². The van der Waals surface area contributed by atoms with Crippen LogP contribution < -0.4 is 0 Å². The van der Waals surface area contributed by atoms with E-state index in [1.807, 2.05) is 0 Å². The van der Waals surface area contributed by atoms with Gasteiger partial charge in [0.1, 0.15) is 5.67 Å². The van der Waals surface area contributed by atoms with Crippen molar-refractivity contribution < 1.29 is 4.39 Å². The molecule has 1 unspecified atom stereocenters. The summed E-state index contributed by atoms with van der Waals surface area (Å²) >= 11 is 2.25. The molecule has 0 spiro atoms. The van der Waals surface area contributed by atoms with Crippen LogP contribution >= 0.6 is 22.6 Å². The van der Waals surface area contributed by atoms with Crippen molar-refractivity contribution in [2.45, 2.75) is 25.4 Å². The Balaban J connectivity index is 2.37. The molecule has 0 heterocycles. The number of rotatable bonds is 1. The summed E-state index contributed by atoms with van der Waals surface area (Å²) in [5.41, 5.74) is -0.818. The molecule has 0 saturated heterocycles. The molecule has 1 saturated carbocycles. The van der Waals surface area contributed by atoms with Crippen LogP contribution in [0.4, 0.5) is 4.39 Å². The van der Waals surface area contributed by atoms with Crippen molar-refractivity contribution in [1.82, 2.24) is 0 Å². The highest BCUT2D eigenvalue weighted by Crippen LogP contribution is 2.42. The van der Waals surface area contributed by atoms with Gasteiger partial charge in [-0.25, -0.2) is 4.39 Å². The molecular weight excluding hydrogens is 218 g/mol. The Kier molecular flexibility index (Phi) is 1.80. The zero-order valence-electron chi connectivity index (χ0n) is 4.95.